The first-order valence-corrected chi connectivity index (χ1v) is 5.15. The molecular weight excluding hydrogens is 223 g/mol. The fourth-order valence-corrected chi connectivity index (χ4v) is 1.85. The Balaban J connectivity index is 2.70. The fraction of sp³-hybridized carbons (Fsp3) is 0.500. The van der Waals surface area contributed by atoms with Crippen molar-refractivity contribution in [3.8, 4) is 0 Å². The Morgan fingerprint density at radius 3 is 2.50 bits per heavy atom. The number of alkyl halides is 3. The van der Waals surface area contributed by atoms with Crippen LogP contribution in [0.1, 0.15) is 6.42 Å². The lowest BCUT2D eigenvalue weighted by Crippen LogP contribution is -2.16. The smallest absolute Gasteiger partial charge is 0.363 e. The van der Waals surface area contributed by atoms with Crippen molar-refractivity contribution in [2.45, 2.75) is 17.5 Å². The van der Waals surface area contributed by atoms with Crippen LogP contribution in [0.2, 0.25) is 0 Å². The van der Waals surface area contributed by atoms with Crippen molar-refractivity contribution < 1.29 is 26.1 Å². The van der Waals surface area contributed by atoms with Gasteiger partial charge in [0.15, 0.2) is 9.84 Å². The van der Waals surface area contributed by atoms with Gasteiger partial charge in [-0.1, -0.05) is 5.16 Å². The number of nitrogens with zero attached hydrogens (tertiary/aromatic N) is 1. The SMILES string of the molecule is O=S(=O)(CCC(F)(F)F)c1cnoc1. The molecular formula is C6H6F3NO3S. The van der Waals surface area contributed by atoms with Gasteiger partial charge in [0, 0.05) is 0 Å². The summed E-state index contributed by atoms with van der Waals surface area (Å²) in [7, 11) is -3.93. The minimum absolute atomic E-state index is 0.332. The quantitative estimate of drug-likeness (QED) is 0.786. The molecule has 0 aromatic carbocycles. The lowest BCUT2D eigenvalue weighted by atomic mass is 10.5. The molecule has 0 amide bonds. The van der Waals surface area contributed by atoms with E-state index in [1.807, 2.05) is 0 Å². The van der Waals surface area contributed by atoms with Gasteiger partial charge in [-0.05, 0) is 0 Å². The summed E-state index contributed by atoms with van der Waals surface area (Å²) in [5.74, 6) is -0.988. The summed E-state index contributed by atoms with van der Waals surface area (Å²) in [6.45, 7) is 0. The normalized spacial score (nSPS) is 13.1. The minimum Gasteiger partial charge on any atom is -0.363 e. The number of aromatic nitrogens is 1. The Hall–Kier alpha value is -1.05. The van der Waals surface area contributed by atoms with Crippen LogP contribution >= 0.6 is 0 Å². The molecule has 1 rings (SSSR count). The molecule has 0 aliphatic rings. The maximum absolute atomic E-state index is 11.7. The topological polar surface area (TPSA) is 60.2 Å². The molecule has 0 spiro atoms. The van der Waals surface area contributed by atoms with Crippen LogP contribution in [0.5, 0.6) is 0 Å². The van der Waals surface area contributed by atoms with Gasteiger partial charge in [-0.2, -0.15) is 13.2 Å². The Kier molecular flexibility index (Phi) is 2.84. The molecule has 0 saturated carbocycles. The molecule has 1 heterocycles. The molecule has 0 fully saturated rings. The molecule has 0 unspecified atom stereocenters. The molecule has 8 heteroatoms. The molecule has 0 aliphatic heterocycles. The van der Waals surface area contributed by atoms with E-state index in [9.17, 15) is 21.6 Å². The van der Waals surface area contributed by atoms with Crippen LogP contribution in [0.15, 0.2) is 21.9 Å². The molecule has 0 aliphatic carbocycles. The van der Waals surface area contributed by atoms with Gasteiger partial charge in [0.1, 0.15) is 11.2 Å². The van der Waals surface area contributed by atoms with Gasteiger partial charge in [0.2, 0.25) is 0 Å². The Morgan fingerprint density at radius 1 is 1.43 bits per heavy atom. The predicted molar refractivity (Wildman–Crippen MR) is 39.2 cm³/mol. The van der Waals surface area contributed by atoms with E-state index in [0.29, 0.717) is 0 Å². The molecule has 1 aromatic heterocycles. The number of rotatable bonds is 3. The highest BCUT2D eigenvalue weighted by molar-refractivity contribution is 7.91. The summed E-state index contributed by atoms with van der Waals surface area (Å²) in [5.41, 5.74) is 0. The van der Waals surface area contributed by atoms with Gasteiger partial charge in [-0.25, -0.2) is 8.42 Å². The third-order valence-corrected chi connectivity index (χ3v) is 3.08. The van der Waals surface area contributed by atoms with Gasteiger partial charge in [-0.3, -0.25) is 0 Å². The highest BCUT2D eigenvalue weighted by Gasteiger charge is 2.30. The van der Waals surface area contributed by atoms with E-state index in [1.54, 1.807) is 0 Å². The maximum atomic E-state index is 11.7. The van der Waals surface area contributed by atoms with E-state index < -0.39 is 28.2 Å². The molecule has 0 N–H and O–H groups in total. The number of hydrogen-bond acceptors (Lipinski definition) is 4. The first kappa shape index (κ1) is 11.0. The van der Waals surface area contributed by atoms with E-state index in [0.717, 1.165) is 12.5 Å². The highest BCUT2D eigenvalue weighted by Crippen LogP contribution is 2.22. The van der Waals surface area contributed by atoms with Crippen LogP contribution in [0, 0.1) is 0 Å². The average Bonchev–Trinajstić information content (AvgIpc) is 2.52. The van der Waals surface area contributed by atoms with E-state index in [4.69, 9.17) is 0 Å². The van der Waals surface area contributed by atoms with Crippen molar-refractivity contribution in [2.24, 2.45) is 0 Å². The van der Waals surface area contributed by atoms with Gasteiger partial charge >= 0.3 is 6.18 Å². The number of sulfone groups is 1. The molecule has 80 valence electrons. The van der Waals surface area contributed by atoms with Crippen molar-refractivity contribution in [3.63, 3.8) is 0 Å². The van der Waals surface area contributed by atoms with Crippen LogP contribution in [0.25, 0.3) is 0 Å². The van der Waals surface area contributed by atoms with Crippen LogP contribution in [0.3, 0.4) is 0 Å². The molecule has 0 radical (unpaired) electrons. The summed E-state index contributed by atoms with van der Waals surface area (Å²) < 4.78 is 61.7. The minimum atomic E-state index is -4.48. The van der Waals surface area contributed by atoms with Crippen molar-refractivity contribution >= 4 is 9.84 Å². The second-order valence-corrected chi connectivity index (χ2v) is 4.65. The third-order valence-electron chi connectivity index (χ3n) is 1.42. The zero-order chi connectivity index (χ0) is 10.8. The van der Waals surface area contributed by atoms with Crippen molar-refractivity contribution in [1.82, 2.24) is 5.16 Å². The largest absolute Gasteiger partial charge is 0.390 e. The average molecular weight is 229 g/mol. The van der Waals surface area contributed by atoms with E-state index in [-0.39, 0.29) is 4.90 Å². The van der Waals surface area contributed by atoms with Crippen LogP contribution in [-0.2, 0) is 9.84 Å². The summed E-state index contributed by atoms with van der Waals surface area (Å²) in [6, 6.07) is 0. The first-order valence-electron chi connectivity index (χ1n) is 3.50. The summed E-state index contributed by atoms with van der Waals surface area (Å²) in [5, 5.41) is 3.10. The summed E-state index contributed by atoms with van der Waals surface area (Å²) in [4.78, 5) is -0.332. The second kappa shape index (κ2) is 3.60. The van der Waals surface area contributed by atoms with E-state index >= 15 is 0 Å². The monoisotopic (exact) mass is 229 g/mol. The lowest BCUT2D eigenvalue weighted by molar-refractivity contribution is -0.129. The Morgan fingerprint density at radius 2 is 2.07 bits per heavy atom. The van der Waals surface area contributed by atoms with Crippen LogP contribution < -0.4 is 0 Å². The Labute approximate surface area is 77.6 Å². The summed E-state index contributed by atoms with van der Waals surface area (Å²) >= 11 is 0. The zero-order valence-corrected chi connectivity index (χ0v) is 7.60. The number of halogens is 3. The predicted octanol–water partition coefficient (Wildman–Crippen LogP) is 1.40. The first-order chi connectivity index (χ1) is 6.31. The second-order valence-electron chi connectivity index (χ2n) is 2.54. The standard InChI is InChI=1S/C6H6F3NO3S/c7-6(8,9)1-2-14(11,12)5-3-10-13-4-5/h3-4H,1-2H2. The van der Waals surface area contributed by atoms with Gasteiger partial charge in [0.25, 0.3) is 0 Å². The molecule has 1 aromatic rings. The van der Waals surface area contributed by atoms with Gasteiger partial charge in [-0.15, -0.1) is 0 Å². The molecule has 0 atom stereocenters. The van der Waals surface area contributed by atoms with E-state index in [2.05, 4.69) is 9.68 Å². The molecule has 4 nitrogen and oxygen atoms in total. The van der Waals surface area contributed by atoms with Crippen molar-refractivity contribution in [1.29, 1.82) is 0 Å². The molecule has 0 saturated heterocycles. The highest BCUT2D eigenvalue weighted by atomic mass is 32.2. The number of hydrogen-bond donors (Lipinski definition) is 0. The van der Waals surface area contributed by atoms with E-state index in [1.165, 1.54) is 0 Å². The molecule has 0 bridgehead atoms. The maximum Gasteiger partial charge on any atom is 0.390 e. The lowest BCUT2D eigenvalue weighted by Gasteiger charge is -2.04. The van der Waals surface area contributed by atoms with Crippen LogP contribution in [0.4, 0.5) is 13.2 Å². The zero-order valence-electron chi connectivity index (χ0n) is 6.78. The third kappa shape index (κ3) is 3.02. The van der Waals surface area contributed by atoms with Crippen molar-refractivity contribution in [3.05, 3.63) is 12.5 Å². The summed E-state index contributed by atoms with van der Waals surface area (Å²) in [6.07, 6.45) is -4.19. The van der Waals surface area contributed by atoms with Crippen LogP contribution in [-0.4, -0.2) is 25.5 Å². The van der Waals surface area contributed by atoms with Gasteiger partial charge < -0.3 is 4.52 Å². The van der Waals surface area contributed by atoms with Crippen molar-refractivity contribution in [2.75, 3.05) is 5.75 Å². The fourth-order valence-electron chi connectivity index (χ4n) is 0.717. The Bertz CT molecular complexity index is 381. The van der Waals surface area contributed by atoms with Gasteiger partial charge in [0.05, 0.1) is 18.4 Å². The molecule has 14 heavy (non-hydrogen) atoms.